The first-order valence-corrected chi connectivity index (χ1v) is 6.48. The Morgan fingerprint density at radius 1 is 1.40 bits per heavy atom. The third-order valence-corrected chi connectivity index (χ3v) is 3.26. The van der Waals surface area contributed by atoms with Gasteiger partial charge in [0, 0.05) is 6.54 Å². The first-order chi connectivity index (χ1) is 9.19. The quantitative estimate of drug-likeness (QED) is 0.596. The van der Waals surface area contributed by atoms with Gasteiger partial charge in [0.1, 0.15) is 24.4 Å². The lowest BCUT2D eigenvalue weighted by Gasteiger charge is -2.40. The molecule has 2 rings (SSSR count). The van der Waals surface area contributed by atoms with Crippen molar-refractivity contribution in [3.8, 4) is 0 Å². The Morgan fingerprint density at radius 2 is 2.05 bits per heavy atom. The van der Waals surface area contributed by atoms with Gasteiger partial charge in [-0.3, -0.25) is 4.90 Å². The molecule has 0 radical (unpaired) electrons. The first kappa shape index (κ1) is 14.9. The maximum atomic E-state index is 11.7. The Hall–Kier alpha value is -1.54. The summed E-state index contributed by atoms with van der Waals surface area (Å²) in [7, 11) is 0. The fourth-order valence-corrected chi connectivity index (χ4v) is 2.33. The van der Waals surface area contributed by atoms with Gasteiger partial charge in [-0.05, 0) is 20.8 Å². The molecule has 0 spiro atoms. The molecule has 0 bridgehead atoms. The van der Waals surface area contributed by atoms with Crippen LogP contribution in [-0.4, -0.2) is 70.3 Å². The number of aliphatic hydroxyl groups excluding tert-OH is 2. The number of hydrogen-bond donors (Lipinski definition) is 3. The summed E-state index contributed by atoms with van der Waals surface area (Å²) in [6, 6.07) is -1.38. The average Bonchev–Trinajstić information content (AvgIpc) is 2.65. The lowest BCUT2D eigenvalue weighted by molar-refractivity contribution is -0.0712. The van der Waals surface area contributed by atoms with E-state index in [1.54, 1.807) is 20.8 Å². The summed E-state index contributed by atoms with van der Waals surface area (Å²) in [4.78, 5) is 24.5. The standard InChI is InChI=1S/C12H20N2O6/c1-12(2,3)20-10(17)13-6-4-14-7(5-19-11(14)18)9(16)8(6)15/h6-9,15-16H,4-5H2,1-3H3,(H,13,17). The number of hydrogen-bond acceptors (Lipinski definition) is 6. The molecule has 2 saturated heterocycles. The number of carbonyl (C=O) groups is 2. The van der Waals surface area contributed by atoms with E-state index in [4.69, 9.17) is 9.47 Å². The summed E-state index contributed by atoms with van der Waals surface area (Å²) in [5, 5.41) is 22.4. The molecule has 2 aliphatic heterocycles. The third-order valence-electron chi connectivity index (χ3n) is 3.26. The minimum absolute atomic E-state index is 0.0379. The van der Waals surface area contributed by atoms with Gasteiger partial charge in [-0.25, -0.2) is 9.59 Å². The summed E-state index contributed by atoms with van der Waals surface area (Å²) >= 11 is 0. The van der Waals surface area contributed by atoms with Crippen molar-refractivity contribution in [1.29, 1.82) is 0 Å². The Morgan fingerprint density at radius 3 is 2.65 bits per heavy atom. The lowest BCUT2D eigenvalue weighted by Crippen LogP contribution is -2.65. The van der Waals surface area contributed by atoms with E-state index < -0.39 is 42.1 Å². The van der Waals surface area contributed by atoms with Crippen LogP contribution in [0.15, 0.2) is 0 Å². The van der Waals surface area contributed by atoms with E-state index in [1.165, 1.54) is 4.90 Å². The molecule has 114 valence electrons. The molecule has 0 saturated carbocycles. The van der Waals surface area contributed by atoms with E-state index in [0.717, 1.165) is 0 Å². The fourth-order valence-electron chi connectivity index (χ4n) is 2.33. The number of fused-ring (bicyclic) bond motifs is 1. The topological polar surface area (TPSA) is 108 Å². The molecular weight excluding hydrogens is 268 g/mol. The van der Waals surface area contributed by atoms with Gasteiger partial charge in [0.05, 0.1) is 12.1 Å². The molecule has 0 aromatic carbocycles. The van der Waals surface area contributed by atoms with Crippen LogP contribution in [-0.2, 0) is 9.47 Å². The van der Waals surface area contributed by atoms with Gasteiger partial charge in [0.25, 0.3) is 0 Å². The second-order valence-electron chi connectivity index (χ2n) is 6.03. The molecule has 0 aromatic rings. The summed E-state index contributed by atoms with van der Waals surface area (Å²) in [5.74, 6) is 0. The highest BCUT2D eigenvalue weighted by atomic mass is 16.6. The summed E-state index contributed by atoms with van der Waals surface area (Å²) in [5.41, 5.74) is -0.669. The van der Waals surface area contributed by atoms with Crippen molar-refractivity contribution < 1.29 is 29.3 Å². The molecule has 2 heterocycles. The van der Waals surface area contributed by atoms with Gasteiger partial charge in [-0.2, -0.15) is 0 Å². The van der Waals surface area contributed by atoms with Crippen LogP contribution in [0.1, 0.15) is 20.8 Å². The van der Waals surface area contributed by atoms with Crippen LogP contribution in [0.2, 0.25) is 0 Å². The molecule has 3 N–H and O–H groups in total. The minimum atomic E-state index is -1.18. The van der Waals surface area contributed by atoms with Crippen LogP contribution in [0.4, 0.5) is 9.59 Å². The van der Waals surface area contributed by atoms with E-state index in [2.05, 4.69) is 5.32 Å². The SMILES string of the molecule is CC(C)(C)OC(=O)NC1CN2C(=O)OCC2C(O)C1O. The summed E-state index contributed by atoms with van der Waals surface area (Å²) in [6.45, 7) is 5.25. The highest BCUT2D eigenvalue weighted by molar-refractivity contribution is 5.71. The van der Waals surface area contributed by atoms with Crippen LogP contribution < -0.4 is 5.32 Å². The normalized spacial score (nSPS) is 33.5. The molecule has 20 heavy (non-hydrogen) atoms. The van der Waals surface area contributed by atoms with E-state index >= 15 is 0 Å². The zero-order valence-electron chi connectivity index (χ0n) is 11.7. The monoisotopic (exact) mass is 288 g/mol. The molecule has 4 unspecified atom stereocenters. The zero-order valence-corrected chi connectivity index (χ0v) is 11.7. The number of nitrogens with one attached hydrogen (secondary N) is 1. The van der Waals surface area contributed by atoms with Gasteiger partial charge < -0.3 is 25.0 Å². The van der Waals surface area contributed by atoms with Crippen molar-refractivity contribution in [3.05, 3.63) is 0 Å². The Kier molecular flexibility index (Phi) is 3.79. The van der Waals surface area contributed by atoms with Crippen LogP contribution in [0.5, 0.6) is 0 Å². The van der Waals surface area contributed by atoms with Crippen LogP contribution >= 0.6 is 0 Å². The van der Waals surface area contributed by atoms with Crippen LogP contribution in [0.25, 0.3) is 0 Å². The zero-order chi connectivity index (χ0) is 15.1. The van der Waals surface area contributed by atoms with Crippen LogP contribution in [0.3, 0.4) is 0 Å². The minimum Gasteiger partial charge on any atom is -0.447 e. The van der Waals surface area contributed by atoms with Crippen molar-refractivity contribution in [2.45, 2.75) is 50.7 Å². The van der Waals surface area contributed by atoms with Gasteiger partial charge in [-0.1, -0.05) is 0 Å². The van der Waals surface area contributed by atoms with Gasteiger partial charge in [-0.15, -0.1) is 0 Å². The first-order valence-electron chi connectivity index (χ1n) is 6.48. The van der Waals surface area contributed by atoms with E-state index in [-0.39, 0.29) is 13.2 Å². The Balaban J connectivity index is 2.01. The van der Waals surface area contributed by atoms with Crippen molar-refractivity contribution >= 4 is 12.2 Å². The predicted octanol–water partition coefficient (Wildman–Crippen LogP) is -0.564. The molecule has 0 aliphatic carbocycles. The lowest BCUT2D eigenvalue weighted by atomic mass is 9.93. The summed E-state index contributed by atoms with van der Waals surface area (Å²) < 4.78 is 9.91. The van der Waals surface area contributed by atoms with Gasteiger partial charge in [0.2, 0.25) is 0 Å². The number of piperidine rings is 1. The number of cyclic esters (lactones) is 1. The average molecular weight is 288 g/mol. The maximum Gasteiger partial charge on any atom is 0.410 e. The maximum absolute atomic E-state index is 11.7. The fraction of sp³-hybridized carbons (Fsp3) is 0.833. The van der Waals surface area contributed by atoms with E-state index in [1.807, 2.05) is 0 Å². The number of rotatable bonds is 1. The molecule has 4 atom stereocenters. The van der Waals surface area contributed by atoms with Crippen molar-refractivity contribution in [2.24, 2.45) is 0 Å². The molecule has 8 heteroatoms. The number of amides is 2. The van der Waals surface area contributed by atoms with Gasteiger partial charge >= 0.3 is 12.2 Å². The second kappa shape index (κ2) is 5.10. The molecule has 2 amide bonds. The number of aliphatic hydroxyl groups is 2. The second-order valence-corrected chi connectivity index (χ2v) is 6.03. The summed E-state index contributed by atoms with van der Waals surface area (Å²) in [6.07, 6.45) is -3.62. The largest absolute Gasteiger partial charge is 0.447 e. The Labute approximate surface area is 116 Å². The number of alkyl carbamates (subject to hydrolysis) is 1. The highest BCUT2D eigenvalue weighted by Crippen LogP contribution is 2.24. The molecular formula is C12H20N2O6. The Bertz CT molecular complexity index is 407. The van der Waals surface area contributed by atoms with Crippen molar-refractivity contribution in [2.75, 3.05) is 13.2 Å². The van der Waals surface area contributed by atoms with Gasteiger partial charge in [0.15, 0.2) is 0 Å². The predicted molar refractivity (Wildman–Crippen MR) is 67.0 cm³/mol. The number of carbonyl (C=O) groups excluding carboxylic acids is 2. The van der Waals surface area contributed by atoms with Crippen molar-refractivity contribution in [1.82, 2.24) is 10.2 Å². The molecule has 2 aliphatic rings. The van der Waals surface area contributed by atoms with E-state index in [0.29, 0.717) is 0 Å². The van der Waals surface area contributed by atoms with Crippen LogP contribution in [0, 0.1) is 0 Å². The molecule has 0 aromatic heterocycles. The molecule has 2 fully saturated rings. The smallest absolute Gasteiger partial charge is 0.410 e. The highest BCUT2D eigenvalue weighted by Gasteiger charge is 2.49. The van der Waals surface area contributed by atoms with E-state index in [9.17, 15) is 19.8 Å². The van der Waals surface area contributed by atoms with Crippen molar-refractivity contribution in [3.63, 3.8) is 0 Å². The number of ether oxygens (including phenoxy) is 2. The number of nitrogens with zero attached hydrogens (tertiary/aromatic N) is 1. The molecule has 8 nitrogen and oxygen atoms in total. The third kappa shape index (κ3) is 2.96.